The predicted molar refractivity (Wildman–Crippen MR) is 104 cm³/mol. The molecule has 24 heavy (non-hydrogen) atoms. The Balaban J connectivity index is 1.58. The fraction of sp³-hybridized carbons (Fsp3) is 0.316. The van der Waals surface area contributed by atoms with Crippen LogP contribution < -0.4 is 10.1 Å². The average Bonchev–Trinajstić information content (AvgIpc) is 2.61. The van der Waals surface area contributed by atoms with Crippen LogP contribution in [0.15, 0.2) is 53.4 Å². The number of carbonyl (C=O) groups excluding carboxylic acids is 1. The van der Waals surface area contributed by atoms with E-state index in [1.54, 1.807) is 7.11 Å². The second-order valence-corrected chi connectivity index (χ2v) is 7.45. The molecule has 0 unspecified atom stereocenters. The molecular formula is C19H23NO2S2. The van der Waals surface area contributed by atoms with Gasteiger partial charge in [0.1, 0.15) is 5.75 Å². The molecule has 2 aromatic rings. The molecule has 1 amide bonds. The molecule has 0 atom stereocenters. The fourth-order valence-electron chi connectivity index (χ4n) is 2.09. The Bertz CT molecular complexity index is 644. The zero-order valence-corrected chi connectivity index (χ0v) is 15.7. The summed E-state index contributed by atoms with van der Waals surface area (Å²) in [6.07, 6.45) is 0. The van der Waals surface area contributed by atoms with Gasteiger partial charge in [-0.05, 0) is 42.3 Å². The second-order valence-electron chi connectivity index (χ2n) is 5.29. The molecule has 0 bridgehead atoms. The van der Waals surface area contributed by atoms with Gasteiger partial charge in [-0.3, -0.25) is 4.79 Å². The van der Waals surface area contributed by atoms with Gasteiger partial charge in [0.05, 0.1) is 12.9 Å². The van der Waals surface area contributed by atoms with E-state index in [4.69, 9.17) is 4.74 Å². The minimum Gasteiger partial charge on any atom is -0.497 e. The summed E-state index contributed by atoms with van der Waals surface area (Å²) in [5.41, 5.74) is 2.69. The summed E-state index contributed by atoms with van der Waals surface area (Å²) in [5.74, 6) is 3.26. The summed E-state index contributed by atoms with van der Waals surface area (Å²) in [6, 6.07) is 16.2. The van der Waals surface area contributed by atoms with Crippen molar-refractivity contribution < 1.29 is 9.53 Å². The van der Waals surface area contributed by atoms with Crippen LogP contribution in [0, 0.1) is 6.92 Å². The van der Waals surface area contributed by atoms with E-state index in [0.29, 0.717) is 12.3 Å². The first kappa shape index (κ1) is 18.7. The van der Waals surface area contributed by atoms with Crippen molar-refractivity contribution in [2.45, 2.75) is 17.6 Å². The lowest BCUT2D eigenvalue weighted by molar-refractivity contribution is -0.118. The van der Waals surface area contributed by atoms with Crippen molar-refractivity contribution in [1.29, 1.82) is 0 Å². The molecule has 0 aliphatic carbocycles. The van der Waals surface area contributed by atoms with Crippen LogP contribution >= 0.6 is 23.5 Å². The largest absolute Gasteiger partial charge is 0.497 e. The highest BCUT2D eigenvalue weighted by molar-refractivity contribution is 8.00. The molecule has 5 heteroatoms. The Kier molecular flexibility index (Phi) is 8.05. The van der Waals surface area contributed by atoms with Crippen LogP contribution in [0.25, 0.3) is 0 Å². The second kappa shape index (κ2) is 10.3. The summed E-state index contributed by atoms with van der Waals surface area (Å²) < 4.78 is 5.12. The number of hydrogen-bond donors (Lipinski definition) is 1. The maximum atomic E-state index is 11.9. The molecule has 0 fully saturated rings. The number of amides is 1. The van der Waals surface area contributed by atoms with E-state index >= 15 is 0 Å². The van der Waals surface area contributed by atoms with Crippen molar-refractivity contribution in [3.63, 3.8) is 0 Å². The molecule has 1 N–H and O–H groups in total. The van der Waals surface area contributed by atoms with Gasteiger partial charge in [-0.1, -0.05) is 24.3 Å². The van der Waals surface area contributed by atoms with E-state index in [1.807, 2.05) is 36.0 Å². The van der Waals surface area contributed by atoms with Crippen LogP contribution in [0.3, 0.4) is 0 Å². The quantitative estimate of drug-likeness (QED) is 0.538. The summed E-state index contributed by atoms with van der Waals surface area (Å²) in [5, 5.41) is 2.97. The Morgan fingerprint density at radius 3 is 2.58 bits per heavy atom. The van der Waals surface area contributed by atoms with E-state index in [9.17, 15) is 4.79 Å². The molecule has 3 nitrogen and oxygen atoms in total. The van der Waals surface area contributed by atoms with Crippen LogP contribution in [0.4, 0.5) is 0 Å². The number of aryl methyl sites for hydroxylation is 1. The molecule has 0 radical (unpaired) electrons. The van der Waals surface area contributed by atoms with Gasteiger partial charge < -0.3 is 10.1 Å². The van der Waals surface area contributed by atoms with E-state index in [0.717, 1.165) is 22.2 Å². The zero-order chi connectivity index (χ0) is 17.2. The maximum Gasteiger partial charge on any atom is 0.230 e. The van der Waals surface area contributed by atoms with Gasteiger partial charge in [0.15, 0.2) is 0 Å². The molecule has 0 aliphatic heterocycles. The van der Waals surface area contributed by atoms with Crippen LogP contribution in [0.5, 0.6) is 5.75 Å². The molecule has 2 rings (SSSR count). The third kappa shape index (κ3) is 6.49. The summed E-state index contributed by atoms with van der Waals surface area (Å²) in [6.45, 7) is 2.84. The topological polar surface area (TPSA) is 38.3 Å². The molecule has 0 heterocycles. The molecule has 0 saturated carbocycles. The number of ether oxygens (including phenoxy) is 1. The standard InChI is InChI=1S/C19H23NO2S2/c1-15-5-3-4-6-16(15)13-23-12-11-20-19(21)14-24-18-9-7-17(22-2)8-10-18/h3-10H,11-14H2,1-2H3,(H,20,21). The van der Waals surface area contributed by atoms with E-state index in [-0.39, 0.29) is 5.91 Å². The molecule has 128 valence electrons. The number of nitrogens with one attached hydrogen (secondary N) is 1. The lowest BCUT2D eigenvalue weighted by Gasteiger charge is -2.07. The zero-order valence-electron chi connectivity index (χ0n) is 14.1. The smallest absolute Gasteiger partial charge is 0.230 e. The Morgan fingerprint density at radius 1 is 1.12 bits per heavy atom. The number of methoxy groups -OCH3 is 1. The molecule has 0 spiro atoms. The van der Waals surface area contributed by atoms with Gasteiger partial charge in [0.2, 0.25) is 5.91 Å². The van der Waals surface area contributed by atoms with E-state index < -0.39 is 0 Å². The maximum absolute atomic E-state index is 11.9. The average molecular weight is 362 g/mol. The van der Waals surface area contributed by atoms with E-state index in [2.05, 4.69) is 36.5 Å². The Labute approximate surface area is 152 Å². The lowest BCUT2D eigenvalue weighted by Crippen LogP contribution is -2.27. The third-order valence-electron chi connectivity index (χ3n) is 3.52. The van der Waals surface area contributed by atoms with Crippen molar-refractivity contribution in [2.24, 2.45) is 0 Å². The fourth-order valence-corrected chi connectivity index (χ4v) is 3.75. The van der Waals surface area contributed by atoms with Gasteiger partial charge >= 0.3 is 0 Å². The SMILES string of the molecule is COc1ccc(SCC(=O)NCCSCc2ccccc2C)cc1. The van der Waals surface area contributed by atoms with Crippen molar-refractivity contribution in [3.05, 3.63) is 59.7 Å². The first-order valence-corrected chi connectivity index (χ1v) is 9.99. The number of hydrogen-bond acceptors (Lipinski definition) is 4. The lowest BCUT2D eigenvalue weighted by atomic mass is 10.1. The van der Waals surface area contributed by atoms with Crippen molar-refractivity contribution in [3.8, 4) is 5.75 Å². The summed E-state index contributed by atoms with van der Waals surface area (Å²) in [7, 11) is 1.65. The Morgan fingerprint density at radius 2 is 1.88 bits per heavy atom. The highest BCUT2D eigenvalue weighted by Crippen LogP contribution is 2.21. The van der Waals surface area contributed by atoms with E-state index in [1.165, 1.54) is 22.9 Å². The Hall–Kier alpha value is -1.59. The normalized spacial score (nSPS) is 10.4. The number of thioether (sulfide) groups is 2. The van der Waals surface area contributed by atoms with Gasteiger partial charge in [-0.2, -0.15) is 11.8 Å². The molecule has 0 aliphatic rings. The van der Waals surface area contributed by atoms with Crippen molar-refractivity contribution >= 4 is 29.4 Å². The first-order chi connectivity index (χ1) is 11.7. The summed E-state index contributed by atoms with van der Waals surface area (Å²) >= 11 is 3.38. The monoisotopic (exact) mass is 361 g/mol. The highest BCUT2D eigenvalue weighted by Gasteiger charge is 2.03. The van der Waals surface area contributed by atoms with Crippen LogP contribution in [0.1, 0.15) is 11.1 Å². The minimum atomic E-state index is 0.0762. The van der Waals surface area contributed by atoms with Crippen LogP contribution in [-0.4, -0.2) is 31.1 Å². The molecule has 0 aromatic heterocycles. The molecule has 2 aromatic carbocycles. The van der Waals surface area contributed by atoms with Crippen molar-refractivity contribution in [2.75, 3.05) is 25.2 Å². The third-order valence-corrected chi connectivity index (χ3v) is 5.54. The van der Waals surface area contributed by atoms with Crippen molar-refractivity contribution in [1.82, 2.24) is 5.32 Å². The molecular weight excluding hydrogens is 338 g/mol. The number of carbonyl (C=O) groups is 1. The minimum absolute atomic E-state index is 0.0762. The van der Waals surface area contributed by atoms with Gasteiger partial charge in [-0.15, -0.1) is 11.8 Å². The van der Waals surface area contributed by atoms with Gasteiger partial charge in [0, 0.05) is 22.9 Å². The van der Waals surface area contributed by atoms with Crippen LogP contribution in [0.2, 0.25) is 0 Å². The first-order valence-electron chi connectivity index (χ1n) is 7.85. The number of benzene rings is 2. The van der Waals surface area contributed by atoms with Crippen LogP contribution in [-0.2, 0) is 10.5 Å². The van der Waals surface area contributed by atoms with Gasteiger partial charge in [-0.25, -0.2) is 0 Å². The summed E-state index contributed by atoms with van der Waals surface area (Å²) in [4.78, 5) is 12.9. The number of rotatable bonds is 9. The predicted octanol–water partition coefficient (Wildman–Crippen LogP) is 4.15. The van der Waals surface area contributed by atoms with Gasteiger partial charge in [0.25, 0.3) is 0 Å². The molecule has 0 saturated heterocycles. The highest BCUT2D eigenvalue weighted by atomic mass is 32.2.